The molecule has 3 amide bonds. The van der Waals surface area contributed by atoms with Crippen LogP contribution in [-0.4, -0.2) is 23.8 Å². The van der Waals surface area contributed by atoms with Crippen molar-refractivity contribution >= 4 is 17.7 Å². The van der Waals surface area contributed by atoms with E-state index in [4.69, 9.17) is 0 Å². The smallest absolute Gasteiger partial charge is 0.269 e. The van der Waals surface area contributed by atoms with Crippen LogP contribution in [0.3, 0.4) is 0 Å². The summed E-state index contributed by atoms with van der Waals surface area (Å²) >= 11 is 0. The zero-order chi connectivity index (χ0) is 21.6. The standard InChI is InChI=1S/C23H29N3O3/c1-6-16-7-9-18(10-8-16)22(29)26-25-20(27)15(2)24-21(28)17-11-13-19(14-12-17)23(3,4)5/h7-15H,6H2,1-5H3,(H,24,28)(H,25,27)(H,26,29)/t15-/m0/s1. The third-order valence-electron chi connectivity index (χ3n) is 4.68. The van der Waals surface area contributed by atoms with Crippen molar-refractivity contribution in [3.05, 3.63) is 70.8 Å². The first-order valence-electron chi connectivity index (χ1n) is 9.72. The fourth-order valence-electron chi connectivity index (χ4n) is 2.66. The lowest BCUT2D eigenvalue weighted by Gasteiger charge is -2.19. The molecule has 0 radical (unpaired) electrons. The first-order chi connectivity index (χ1) is 13.6. The Morgan fingerprint density at radius 2 is 1.34 bits per heavy atom. The number of amides is 3. The van der Waals surface area contributed by atoms with Crippen LogP contribution in [0.1, 0.15) is 66.5 Å². The Kier molecular flexibility index (Phi) is 7.15. The number of hydrazine groups is 1. The summed E-state index contributed by atoms with van der Waals surface area (Å²) in [5.41, 5.74) is 7.86. The van der Waals surface area contributed by atoms with Gasteiger partial charge in [-0.2, -0.15) is 0 Å². The molecular weight excluding hydrogens is 366 g/mol. The van der Waals surface area contributed by atoms with Crippen LogP contribution in [0.25, 0.3) is 0 Å². The highest BCUT2D eigenvalue weighted by atomic mass is 16.2. The van der Waals surface area contributed by atoms with E-state index in [9.17, 15) is 14.4 Å². The second kappa shape index (κ2) is 9.37. The molecule has 0 saturated heterocycles. The molecule has 0 aromatic heterocycles. The highest BCUT2D eigenvalue weighted by Gasteiger charge is 2.19. The number of nitrogens with one attached hydrogen (secondary N) is 3. The van der Waals surface area contributed by atoms with Crippen LogP contribution in [-0.2, 0) is 16.6 Å². The van der Waals surface area contributed by atoms with Gasteiger partial charge in [0.1, 0.15) is 6.04 Å². The van der Waals surface area contributed by atoms with Crippen molar-refractivity contribution in [2.24, 2.45) is 0 Å². The first-order valence-corrected chi connectivity index (χ1v) is 9.72. The molecule has 0 saturated carbocycles. The maximum atomic E-state index is 12.4. The molecule has 0 unspecified atom stereocenters. The van der Waals surface area contributed by atoms with Gasteiger partial charge in [-0.25, -0.2) is 0 Å². The highest BCUT2D eigenvalue weighted by Crippen LogP contribution is 2.22. The number of hydrogen-bond donors (Lipinski definition) is 3. The summed E-state index contributed by atoms with van der Waals surface area (Å²) in [6.07, 6.45) is 0.884. The molecule has 0 fully saturated rings. The fourth-order valence-corrected chi connectivity index (χ4v) is 2.66. The highest BCUT2D eigenvalue weighted by molar-refractivity contribution is 5.99. The molecule has 0 aliphatic carbocycles. The molecule has 2 aromatic carbocycles. The summed E-state index contributed by atoms with van der Waals surface area (Å²) in [4.78, 5) is 36.7. The second-order valence-electron chi connectivity index (χ2n) is 8.02. The SMILES string of the molecule is CCc1ccc(C(=O)NNC(=O)[C@H](C)NC(=O)c2ccc(C(C)(C)C)cc2)cc1. The van der Waals surface area contributed by atoms with E-state index < -0.39 is 17.9 Å². The molecule has 154 valence electrons. The third-order valence-corrected chi connectivity index (χ3v) is 4.68. The normalized spacial score (nSPS) is 12.0. The second-order valence-corrected chi connectivity index (χ2v) is 8.02. The van der Waals surface area contributed by atoms with Crippen molar-refractivity contribution in [3.63, 3.8) is 0 Å². The number of rotatable bonds is 5. The van der Waals surface area contributed by atoms with Crippen molar-refractivity contribution in [1.29, 1.82) is 0 Å². The summed E-state index contributed by atoms with van der Waals surface area (Å²) < 4.78 is 0. The summed E-state index contributed by atoms with van der Waals surface area (Å²) in [5.74, 6) is -1.28. The van der Waals surface area contributed by atoms with Crippen LogP contribution < -0.4 is 16.2 Å². The van der Waals surface area contributed by atoms with E-state index in [-0.39, 0.29) is 11.3 Å². The summed E-state index contributed by atoms with van der Waals surface area (Å²) in [5, 5.41) is 2.63. The van der Waals surface area contributed by atoms with Gasteiger partial charge in [0.2, 0.25) is 0 Å². The predicted octanol–water partition coefficient (Wildman–Crippen LogP) is 3.13. The molecular formula is C23H29N3O3. The van der Waals surface area contributed by atoms with Crippen molar-refractivity contribution in [2.45, 2.75) is 52.5 Å². The zero-order valence-corrected chi connectivity index (χ0v) is 17.6. The van der Waals surface area contributed by atoms with Gasteiger partial charge in [0.15, 0.2) is 0 Å². The van der Waals surface area contributed by atoms with Gasteiger partial charge in [-0.05, 0) is 54.2 Å². The summed E-state index contributed by atoms with van der Waals surface area (Å²) in [7, 11) is 0. The van der Waals surface area contributed by atoms with E-state index in [2.05, 4.69) is 36.9 Å². The first kappa shape index (κ1) is 22.1. The molecule has 6 nitrogen and oxygen atoms in total. The Balaban J connectivity index is 1.87. The quantitative estimate of drug-likeness (QED) is 0.680. The average Bonchev–Trinajstić information content (AvgIpc) is 2.71. The monoisotopic (exact) mass is 395 g/mol. The maximum absolute atomic E-state index is 12.4. The lowest BCUT2D eigenvalue weighted by Crippen LogP contribution is -2.51. The molecule has 1 atom stereocenters. The average molecular weight is 396 g/mol. The summed E-state index contributed by atoms with van der Waals surface area (Å²) in [6.45, 7) is 9.88. The number of carbonyl (C=O) groups excluding carboxylic acids is 3. The maximum Gasteiger partial charge on any atom is 0.269 e. The van der Waals surface area contributed by atoms with E-state index in [1.54, 1.807) is 31.2 Å². The lowest BCUT2D eigenvalue weighted by molar-refractivity contribution is -0.123. The van der Waals surface area contributed by atoms with E-state index in [0.717, 1.165) is 17.5 Å². The summed E-state index contributed by atoms with van der Waals surface area (Å²) in [6, 6.07) is 13.6. The Labute approximate surface area is 172 Å². The molecule has 29 heavy (non-hydrogen) atoms. The molecule has 0 aliphatic heterocycles. The Hall–Kier alpha value is -3.15. The molecule has 0 spiro atoms. The molecule has 0 aliphatic rings. The van der Waals surface area contributed by atoms with Crippen LogP contribution >= 0.6 is 0 Å². The Morgan fingerprint density at radius 1 is 0.828 bits per heavy atom. The topological polar surface area (TPSA) is 87.3 Å². The minimum atomic E-state index is -0.812. The molecule has 0 heterocycles. The third kappa shape index (κ3) is 6.17. The Bertz CT molecular complexity index is 866. The predicted molar refractivity (Wildman–Crippen MR) is 113 cm³/mol. The van der Waals surface area contributed by atoms with Gasteiger partial charge in [-0.15, -0.1) is 0 Å². The molecule has 6 heteroatoms. The van der Waals surface area contributed by atoms with E-state index in [1.807, 2.05) is 31.2 Å². The van der Waals surface area contributed by atoms with Gasteiger partial charge < -0.3 is 5.32 Å². The molecule has 2 rings (SSSR count). The van der Waals surface area contributed by atoms with Gasteiger partial charge in [0.25, 0.3) is 17.7 Å². The van der Waals surface area contributed by atoms with Gasteiger partial charge in [0, 0.05) is 11.1 Å². The minimum Gasteiger partial charge on any atom is -0.340 e. The van der Waals surface area contributed by atoms with E-state index >= 15 is 0 Å². The minimum absolute atomic E-state index is 0.00273. The van der Waals surface area contributed by atoms with Crippen LogP contribution in [0.4, 0.5) is 0 Å². The van der Waals surface area contributed by atoms with Crippen molar-refractivity contribution in [1.82, 2.24) is 16.2 Å². The molecule has 3 N–H and O–H groups in total. The zero-order valence-electron chi connectivity index (χ0n) is 17.6. The molecule has 0 bridgehead atoms. The van der Waals surface area contributed by atoms with Crippen molar-refractivity contribution in [2.75, 3.05) is 0 Å². The number of carbonyl (C=O) groups is 3. The Morgan fingerprint density at radius 3 is 1.86 bits per heavy atom. The van der Waals surface area contributed by atoms with E-state index in [0.29, 0.717) is 11.1 Å². The van der Waals surface area contributed by atoms with Crippen LogP contribution in [0, 0.1) is 0 Å². The van der Waals surface area contributed by atoms with Crippen molar-refractivity contribution < 1.29 is 14.4 Å². The van der Waals surface area contributed by atoms with Crippen molar-refractivity contribution in [3.8, 4) is 0 Å². The molecule has 2 aromatic rings. The fraction of sp³-hybridized carbons (Fsp3) is 0.348. The van der Waals surface area contributed by atoms with Crippen LogP contribution in [0.2, 0.25) is 0 Å². The lowest BCUT2D eigenvalue weighted by atomic mass is 9.86. The van der Waals surface area contributed by atoms with E-state index in [1.165, 1.54) is 0 Å². The van der Waals surface area contributed by atoms with Crippen LogP contribution in [0.5, 0.6) is 0 Å². The van der Waals surface area contributed by atoms with Gasteiger partial charge in [-0.3, -0.25) is 25.2 Å². The van der Waals surface area contributed by atoms with Gasteiger partial charge >= 0.3 is 0 Å². The van der Waals surface area contributed by atoms with Gasteiger partial charge in [0.05, 0.1) is 0 Å². The van der Waals surface area contributed by atoms with Gasteiger partial charge in [-0.1, -0.05) is 52.0 Å². The van der Waals surface area contributed by atoms with Crippen LogP contribution in [0.15, 0.2) is 48.5 Å². The number of benzene rings is 2. The largest absolute Gasteiger partial charge is 0.340 e. The number of hydrogen-bond acceptors (Lipinski definition) is 3. The number of aryl methyl sites for hydroxylation is 1.